The molecule has 0 saturated heterocycles. The summed E-state index contributed by atoms with van der Waals surface area (Å²) in [7, 11) is 0. The molecule has 96 valence electrons. The van der Waals surface area contributed by atoms with Crippen LogP contribution in [0, 0.1) is 5.82 Å². The largest absolute Gasteiger partial charge is 0.478 e. The first-order valence-corrected chi connectivity index (χ1v) is 5.33. The zero-order chi connectivity index (χ0) is 13.8. The molecule has 2 rings (SSSR count). The van der Waals surface area contributed by atoms with Gasteiger partial charge in [-0.05, 0) is 24.3 Å². The average Bonchev–Trinajstić information content (AvgIpc) is 2.39. The fraction of sp³-hybridized carbons (Fsp3) is 0. The van der Waals surface area contributed by atoms with Crippen LogP contribution in [0.4, 0.5) is 10.1 Å². The summed E-state index contributed by atoms with van der Waals surface area (Å²) in [4.78, 5) is 26.6. The summed E-state index contributed by atoms with van der Waals surface area (Å²) >= 11 is 0. The number of aromatic nitrogens is 1. The molecule has 0 aliphatic carbocycles. The van der Waals surface area contributed by atoms with Gasteiger partial charge in [-0.3, -0.25) is 9.78 Å². The van der Waals surface area contributed by atoms with Crippen molar-refractivity contribution in [3.63, 3.8) is 0 Å². The normalized spacial score (nSPS) is 9.95. The minimum absolute atomic E-state index is 0.0960. The van der Waals surface area contributed by atoms with Crippen molar-refractivity contribution in [2.45, 2.75) is 0 Å². The maximum Gasteiger partial charge on any atom is 0.340 e. The highest BCUT2D eigenvalue weighted by Crippen LogP contribution is 2.19. The molecule has 6 heteroatoms. The van der Waals surface area contributed by atoms with Gasteiger partial charge in [0.1, 0.15) is 11.4 Å². The van der Waals surface area contributed by atoms with E-state index in [1.807, 2.05) is 0 Å². The second-order valence-corrected chi connectivity index (χ2v) is 3.66. The predicted molar refractivity (Wildman–Crippen MR) is 65.5 cm³/mol. The molecule has 1 heterocycles. The van der Waals surface area contributed by atoms with Crippen LogP contribution in [0.2, 0.25) is 0 Å². The van der Waals surface area contributed by atoms with Crippen molar-refractivity contribution in [3.05, 3.63) is 59.7 Å². The van der Waals surface area contributed by atoms with Gasteiger partial charge in [0, 0.05) is 12.4 Å². The molecule has 2 N–H and O–H groups in total. The average molecular weight is 260 g/mol. The lowest BCUT2D eigenvalue weighted by atomic mass is 10.1. The number of aromatic carboxylic acids is 1. The van der Waals surface area contributed by atoms with Crippen molar-refractivity contribution in [2.75, 3.05) is 5.32 Å². The van der Waals surface area contributed by atoms with Gasteiger partial charge in [-0.25, -0.2) is 9.18 Å². The van der Waals surface area contributed by atoms with Gasteiger partial charge in [0.05, 0.1) is 11.3 Å². The number of nitrogens with zero attached hydrogens (tertiary/aromatic N) is 1. The van der Waals surface area contributed by atoms with Gasteiger partial charge in [0.2, 0.25) is 0 Å². The Balaban J connectivity index is 2.32. The molecule has 0 bridgehead atoms. The van der Waals surface area contributed by atoms with Gasteiger partial charge < -0.3 is 10.4 Å². The van der Waals surface area contributed by atoms with E-state index in [0.29, 0.717) is 0 Å². The lowest BCUT2D eigenvalue weighted by Gasteiger charge is -2.08. The maximum absolute atomic E-state index is 13.4. The van der Waals surface area contributed by atoms with E-state index in [9.17, 15) is 14.0 Å². The second kappa shape index (κ2) is 5.26. The van der Waals surface area contributed by atoms with Crippen molar-refractivity contribution < 1.29 is 19.1 Å². The van der Waals surface area contributed by atoms with Crippen molar-refractivity contribution in [1.29, 1.82) is 0 Å². The van der Waals surface area contributed by atoms with Crippen LogP contribution >= 0.6 is 0 Å². The molecule has 1 amide bonds. The Morgan fingerprint density at radius 2 is 2.00 bits per heavy atom. The molecule has 0 aliphatic heterocycles. The number of anilines is 1. The number of carbonyl (C=O) groups excluding carboxylic acids is 1. The smallest absolute Gasteiger partial charge is 0.340 e. The van der Waals surface area contributed by atoms with E-state index < -0.39 is 23.3 Å². The summed E-state index contributed by atoms with van der Waals surface area (Å²) in [5, 5.41) is 11.3. The van der Waals surface area contributed by atoms with Crippen molar-refractivity contribution in [3.8, 4) is 0 Å². The Bertz CT molecular complexity index is 629. The number of rotatable bonds is 3. The highest BCUT2D eigenvalue weighted by Gasteiger charge is 2.17. The number of nitrogens with one attached hydrogen (secondary N) is 1. The molecule has 0 atom stereocenters. The number of amides is 1. The second-order valence-electron chi connectivity index (χ2n) is 3.66. The van der Waals surface area contributed by atoms with Crippen LogP contribution in [-0.2, 0) is 0 Å². The first-order valence-electron chi connectivity index (χ1n) is 5.33. The number of hydrogen-bond acceptors (Lipinski definition) is 3. The standard InChI is InChI=1S/C13H9FN2O3/c14-9-4-1-5-10(11(9)13(18)19)16-12(17)8-3-2-6-15-7-8/h1-7H,(H,16,17)(H,18,19). The zero-order valence-corrected chi connectivity index (χ0v) is 9.63. The minimum Gasteiger partial charge on any atom is -0.478 e. The van der Waals surface area contributed by atoms with Crippen molar-refractivity contribution in [1.82, 2.24) is 4.98 Å². The van der Waals surface area contributed by atoms with E-state index in [0.717, 1.165) is 6.07 Å². The Kier molecular flexibility index (Phi) is 3.51. The predicted octanol–water partition coefficient (Wildman–Crippen LogP) is 2.17. The molecule has 19 heavy (non-hydrogen) atoms. The molecule has 0 spiro atoms. The van der Waals surface area contributed by atoms with Crippen LogP contribution in [0.1, 0.15) is 20.7 Å². The summed E-state index contributed by atoms with van der Waals surface area (Å²) in [6.07, 6.45) is 2.83. The topological polar surface area (TPSA) is 79.3 Å². The van der Waals surface area contributed by atoms with Gasteiger partial charge in [-0.2, -0.15) is 0 Å². The molecule has 0 unspecified atom stereocenters. The number of hydrogen-bond donors (Lipinski definition) is 2. The number of benzene rings is 1. The zero-order valence-electron chi connectivity index (χ0n) is 9.63. The third kappa shape index (κ3) is 2.74. The van der Waals surface area contributed by atoms with Crippen LogP contribution in [0.25, 0.3) is 0 Å². The van der Waals surface area contributed by atoms with E-state index >= 15 is 0 Å². The maximum atomic E-state index is 13.4. The monoisotopic (exact) mass is 260 g/mol. The van der Waals surface area contributed by atoms with Gasteiger partial charge >= 0.3 is 5.97 Å². The van der Waals surface area contributed by atoms with E-state index in [4.69, 9.17) is 5.11 Å². The molecular formula is C13H9FN2O3. The molecule has 0 saturated carbocycles. The van der Waals surface area contributed by atoms with Crippen LogP contribution in [0.5, 0.6) is 0 Å². The van der Waals surface area contributed by atoms with E-state index in [1.54, 1.807) is 6.07 Å². The van der Waals surface area contributed by atoms with E-state index in [2.05, 4.69) is 10.3 Å². The molecule has 0 radical (unpaired) electrons. The third-order valence-corrected chi connectivity index (χ3v) is 2.40. The number of carboxylic acids is 1. The number of halogens is 1. The number of carbonyl (C=O) groups is 2. The molecule has 5 nitrogen and oxygen atoms in total. The van der Waals surface area contributed by atoms with Gasteiger partial charge in [-0.1, -0.05) is 6.07 Å². The summed E-state index contributed by atoms with van der Waals surface area (Å²) in [5.41, 5.74) is -0.413. The van der Waals surface area contributed by atoms with Crippen LogP contribution in [-0.4, -0.2) is 22.0 Å². The van der Waals surface area contributed by atoms with E-state index in [-0.39, 0.29) is 11.3 Å². The van der Waals surface area contributed by atoms with Crippen molar-refractivity contribution >= 4 is 17.6 Å². The molecule has 1 aromatic carbocycles. The SMILES string of the molecule is O=C(Nc1cccc(F)c1C(=O)O)c1cccnc1. The van der Waals surface area contributed by atoms with Gasteiger partial charge in [-0.15, -0.1) is 0 Å². The molecule has 1 aromatic heterocycles. The summed E-state index contributed by atoms with van der Waals surface area (Å²) in [6, 6.07) is 6.74. The first kappa shape index (κ1) is 12.7. The third-order valence-electron chi connectivity index (χ3n) is 2.40. The van der Waals surface area contributed by atoms with Gasteiger partial charge in [0.25, 0.3) is 5.91 Å². The Labute approximate surface area is 107 Å². The highest BCUT2D eigenvalue weighted by molar-refractivity contribution is 6.07. The highest BCUT2D eigenvalue weighted by atomic mass is 19.1. The minimum atomic E-state index is -1.44. The fourth-order valence-electron chi connectivity index (χ4n) is 1.54. The Morgan fingerprint density at radius 1 is 1.21 bits per heavy atom. The van der Waals surface area contributed by atoms with Crippen LogP contribution in [0.15, 0.2) is 42.7 Å². The summed E-state index contributed by atoms with van der Waals surface area (Å²) in [6.45, 7) is 0. The summed E-state index contributed by atoms with van der Waals surface area (Å²) in [5.74, 6) is -2.91. The van der Waals surface area contributed by atoms with Crippen LogP contribution < -0.4 is 5.32 Å². The Hall–Kier alpha value is -2.76. The number of carboxylic acid groups (broad SMARTS) is 1. The van der Waals surface area contributed by atoms with Gasteiger partial charge in [0.15, 0.2) is 0 Å². The van der Waals surface area contributed by atoms with Crippen molar-refractivity contribution in [2.24, 2.45) is 0 Å². The fourth-order valence-corrected chi connectivity index (χ4v) is 1.54. The van der Waals surface area contributed by atoms with E-state index in [1.165, 1.54) is 30.6 Å². The summed E-state index contributed by atoms with van der Waals surface area (Å²) < 4.78 is 13.4. The Morgan fingerprint density at radius 3 is 2.63 bits per heavy atom. The quantitative estimate of drug-likeness (QED) is 0.886. The lowest BCUT2D eigenvalue weighted by molar-refractivity contribution is 0.0693. The number of pyridine rings is 1. The lowest BCUT2D eigenvalue weighted by Crippen LogP contribution is -2.15. The molecule has 0 aliphatic rings. The molecule has 0 fully saturated rings. The molecule has 2 aromatic rings. The first-order chi connectivity index (χ1) is 9.09. The molecular weight excluding hydrogens is 251 g/mol. The van der Waals surface area contributed by atoms with Crippen LogP contribution in [0.3, 0.4) is 0 Å².